The molecule has 0 saturated carbocycles. The van der Waals surface area contributed by atoms with Crippen LogP contribution in [-0.2, 0) is 9.84 Å². The Morgan fingerprint density at radius 1 is 1.44 bits per heavy atom. The minimum atomic E-state index is -3.64. The summed E-state index contributed by atoms with van der Waals surface area (Å²) in [4.78, 5) is 9.71. The number of nitro groups is 1. The van der Waals surface area contributed by atoms with Gasteiger partial charge in [0, 0.05) is 17.7 Å². The first-order chi connectivity index (χ1) is 7.39. The Balaban J connectivity index is 2.88. The highest BCUT2D eigenvalue weighted by Crippen LogP contribution is 2.28. The summed E-state index contributed by atoms with van der Waals surface area (Å²) in [6.45, 7) is 0. The molecule has 0 radical (unpaired) electrons. The van der Waals surface area contributed by atoms with E-state index < -0.39 is 20.4 Å². The Hall–Kier alpha value is -1.96. The Bertz CT molecular complexity index is 674. The smallest absolute Gasteiger partial charge is 0.278 e. The molecule has 0 fully saturated rings. The minimum Gasteiger partial charge on any atom is -0.278 e. The van der Waals surface area contributed by atoms with E-state index in [0.29, 0.717) is 10.9 Å². The summed E-state index contributed by atoms with van der Waals surface area (Å²) in [6, 6.07) is 2.41. The van der Waals surface area contributed by atoms with Crippen molar-refractivity contribution < 1.29 is 13.3 Å². The van der Waals surface area contributed by atoms with Crippen molar-refractivity contribution in [3.8, 4) is 0 Å². The summed E-state index contributed by atoms with van der Waals surface area (Å²) in [6.07, 6.45) is 2.33. The van der Waals surface area contributed by atoms with Gasteiger partial charge in [0.15, 0.2) is 9.84 Å². The van der Waals surface area contributed by atoms with E-state index in [0.717, 1.165) is 6.26 Å². The molecule has 0 saturated heterocycles. The molecule has 84 valence electrons. The number of hydrogen-bond acceptors (Lipinski definition) is 5. The molecule has 0 spiro atoms. The van der Waals surface area contributed by atoms with E-state index in [1.54, 1.807) is 0 Å². The van der Waals surface area contributed by atoms with E-state index in [9.17, 15) is 18.5 Å². The number of sulfone groups is 1. The van der Waals surface area contributed by atoms with Gasteiger partial charge in [-0.3, -0.25) is 15.2 Å². The van der Waals surface area contributed by atoms with Gasteiger partial charge in [-0.05, 0) is 6.07 Å². The number of H-pyrrole nitrogens is 1. The zero-order valence-electron chi connectivity index (χ0n) is 8.17. The molecular weight excluding hydrogens is 234 g/mol. The Kier molecular flexibility index (Phi) is 2.16. The van der Waals surface area contributed by atoms with Crippen LogP contribution in [0.5, 0.6) is 0 Å². The maximum absolute atomic E-state index is 11.4. The van der Waals surface area contributed by atoms with Gasteiger partial charge < -0.3 is 0 Å². The molecule has 0 aliphatic carbocycles. The van der Waals surface area contributed by atoms with E-state index in [2.05, 4.69) is 10.2 Å². The van der Waals surface area contributed by atoms with Gasteiger partial charge in [-0.15, -0.1) is 0 Å². The van der Waals surface area contributed by atoms with Gasteiger partial charge in [-0.1, -0.05) is 0 Å². The monoisotopic (exact) mass is 241 g/mol. The van der Waals surface area contributed by atoms with Gasteiger partial charge in [0.05, 0.1) is 16.6 Å². The van der Waals surface area contributed by atoms with Crippen molar-refractivity contribution in [2.75, 3.05) is 6.26 Å². The first-order valence-electron chi connectivity index (χ1n) is 4.21. The summed E-state index contributed by atoms with van der Waals surface area (Å²) < 4.78 is 22.8. The van der Waals surface area contributed by atoms with Crippen LogP contribution >= 0.6 is 0 Å². The molecule has 16 heavy (non-hydrogen) atoms. The van der Waals surface area contributed by atoms with Crippen LogP contribution < -0.4 is 0 Å². The van der Waals surface area contributed by atoms with E-state index >= 15 is 0 Å². The number of aromatic nitrogens is 2. The summed E-state index contributed by atoms with van der Waals surface area (Å²) in [5.74, 6) is 0. The molecule has 2 aromatic rings. The number of nitrogens with zero attached hydrogens (tertiary/aromatic N) is 2. The van der Waals surface area contributed by atoms with Crippen molar-refractivity contribution in [1.29, 1.82) is 0 Å². The minimum absolute atomic E-state index is 0.311. The molecule has 1 N–H and O–H groups in total. The van der Waals surface area contributed by atoms with E-state index in [4.69, 9.17) is 0 Å². The number of nitro benzene ring substituents is 1. The third kappa shape index (κ3) is 1.63. The highest BCUT2D eigenvalue weighted by atomic mass is 32.2. The maximum atomic E-state index is 11.4. The van der Waals surface area contributed by atoms with Crippen LogP contribution in [0.3, 0.4) is 0 Å². The van der Waals surface area contributed by atoms with Gasteiger partial charge in [0.1, 0.15) is 4.90 Å². The van der Waals surface area contributed by atoms with E-state index in [1.807, 2.05) is 0 Å². The summed E-state index contributed by atoms with van der Waals surface area (Å²) in [7, 11) is -3.64. The second kappa shape index (κ2) is 3.27. The quantitative estimate of drug-likeness (QED) is 0.620. The highest BCUT2D eigenvalue weighted by molar-refractivity contribution is 7.90. The standard InChI is InChI=1S/C8H7N3O4S/c1-16(14,15)8-3-6-5(4-9-10-6)2-7(8)11(12)13/h2-4H,1H3,(H,9,10). The lowest BCUT2D eigenvalue weighted by Crippen LogP contribution is -2.02. The third-order valence-electron chi connectivity index (χ3n) is 2.12. The third-order valence-corrected chi connectivity index (χ3v) is 3.24. The fraction of sp³-hybridized carbons (Fsp3) is 0.125. The summed E-state index contributed by atoms with van der Waals surface area (Å²) in [5.41, 5.74) is 0.0161. The van der Waals surface area contributed by atoms with Gasteiger partial charge in [0.2, 0.25) is 0 Å². The molecular formula is C8H7N3O4S. The predicted octanol–water partition coefficient (Wildman–Crippen LogP) is 0.875. The topological polar surface area (TPSA) is 106 Å². The molecule has 1 aromatic carbocycles. The lowest BCUT2D eigenvalue weighted by molar-refractivity contribution is -0.387. The molecule has 0 amide bonds. The maximum Gasteiger partial charge on any atom is 0.288 e. The Morgan fingerprint density at radius 2 is 2.12 bits per heavy atom. The first-order valence-corrected chi connectivity index (χ1v) is 6.10. The van der Waals surface area contributed by atoms with Gasteiger partial charge >= 0.3 is 0 Å². The number of rotatable bonds is 2. The average molecular weight is 241 g/mol. The highest BCUT2D eigenvalue weighted by Gasteiger charge is 2.23. The molecule has 2 rings (SSSR count). The van der Waals surface area contributed by atoms with Crippen molar-refractivity contribution in [2.24, 2.45) is 0 Å². The summed E-state index contributed by atoms with van der Waals surface area (Å²) >= 11 is 0. The lowest BCUT2D eigenvalue weighted by atomic mass is 10.2. The zero-order chi connectivity index (χ0) is 11.9. The molecule has 1 aromatic heterocycles. The molecule has 0 atom stereocenters. The van der Waals surface area contributed by atoms with Gasteiger partial charge in [-0.25, -0.2) is 8.42 Å². The van der Waals surface area contributed by atoms with Crippen molar-refractivity contribution in [3.63, 3.8) is 0 Å². The predicted molar refractivity (Wildman–Crippen MR) is 55.9 cm³/mol. The summed E-state index contributed by atoms with van der Waals surface area (Å²) in [5, 5.41) is 17.5. The Morgan fingerprint density at radius 3 is 2.69 bits per heavy atom. The van der Waals surface area contributed by atoms with Crippen LogP contribution in [0.25, 0.3) is 10.9 Å². The van der Waals surface area contributed by atoms with Crippen molar-refractivity contribution in [2.45, 2.75) is 4.90 Å². The fourth-order valence-electron chi connectivity index (χ4n) is 1.40. The number of benzene rings is 1. The number of hydrogen-bond donors (Lipinski definition) is 1. The van der Waals surface area contributed by atoms with Crippen molar-refractivity contribution >= 4 is 26.4 Å². The van der Waals surface area contributed by atoms with Crippen LogP contribution in [0.1, 0.15) is 0 Å². The normalized spacial score (nSPS) is 11.8. The number of fused-ring (bicyclic) bond motifs is 1. The van der Waals surface area contributed by atoms with Crippen LogP contribution in [0.4, 0.5) is 5.69 Å². The van der Waals surface area contributed by atoms with Gasteiger partial charge in [-0.2, -0.15) is 5.10 Å². The second-order valence-corrected chi connectivity index (χ2v) is 5.29. The molecule has 7 nitrogen and oxygen atoms in total. The van der Waals surface area contributed by atoms with Gasteiger partial charge in [0.25, 0.3) is 5.69 Å². The number of nitrogens with one attached hydrogen (secondary N) is 1. The fourth-order valence-corrected chi connectivity index (χ4v) is 2.24. The second-order valence-electron chi connectivity index (χ2n) is 3.31. The van der Waals surface area contributed by atoms with Crippen LogP contribution in [0, 0.1) is 10.1 Å². The zero-order valence-corrected chi connectivity index (χ0v) is 8.98. The molecule has 1 heterocycles. The molecule has 0 bridgehead atoms. The molecule has 8 heteroatoms. The van der Waals surface area contributed by atoms with Crippen molar-refractivity contribution in [3.05, 3.63) is 28.4 Å². The molecule has 0 aliphatic heterocycles. The molecule has 0 aliphatic rings. The average Bonchev–Trinajstić information content (AvgIpc) is 2.60. The number of aromatic amines is 1. The molecule has 0 unspecified atom stereocenters. The van der Waals surface area contributed by atoms with Crippen LogP contribution in [-0.4, -0.2) is 29.8 Å². The Labute approximate surface area is 90.2 Å². The largest absolute Gasteiger partial charge is 0.288 e. The van der Waals surface area contributed by atoms with E-state index in [-0.39, 0.29) is 4.90 Å². The van der Waals surface area contributed by atoms with Crippen LogP contribution in [0.2, 0.25) is 0 Å². The van der Waals surface area contributed by atoms with E-state index in [1.165, 1.54) is 18.3 Å². The lowest BCUT2D eigenvalue weighted by Gasteiger charge is -2.00. The van der Waals surface area contributed by atoms with Crippen LogP contribution in [0.15, 0.2) is 23.2 Å². The first kappa shape index (κ1) is 10.6. The van der Waals surface area contributed by atoms with Crippen molar-refractivity contribution in [1.82, 2.24) is 10.2 Å². The SMILES string of the molecule is CS(=O)(=O)c1cc2[nH]ncc2cc1[N+](=O)[O-].